The molecule has 0 atom stereocenters. The smallest absolute Gasteiger partial charge is 0.450 e. The highest BCUT2D eigenvalue weighted by molar-refractivity contribution is 6.30. The van der Waals surface area contributed by atoms with Crippen LogP contribution in [-0.4, -0.2) is 5.97 Å². The molecule has 0 fully saturated rings. The fourth-order valence-electron chi connectivity index (χ4n) is 3.20. The summed E-state index contributed by atoms with van der Waals surface area (Å²) in [6.45, 7) is 0. The van der Waals surface area contributed by atoms with Crippen molar-refractivity contribution in [1.29, 1.82) is 0 Å². The molecule has 0 radical (unpaired) electrons. The van der Waals surface area contributed by atoms with E-state index in [-0.39, 0.29) is 16.7 Å². The first kappa shape index (κ1) is 23.3. The predicted molar refractivity (Wildman–Crippen MR) is 119 cm³/mol. The van der Waals surface area contributed by atoms with E-state index >= 15 is 0 Å². The predicted octanol–water partition coefficient (Wildman–Crippen LogP) is 6.89. The Balaban J connectivity index is 1.70. The lowest BCUT2D eigenvalue weighted by molar-refractivity contribution is -0.152. The van der Waals surface area contributed by atoms with Crippen molar-refractivity contribution in [2.75, 3.05) is 0 Å². The molecular formula is C25H13ClF4O4. The maximum atomic E-state index is 13.7. The molecule has 1 aromatic heterocycles. The molecule has 0 amide bonds. The van der Waals surface area contributed by atoms with Gasteiger partial charge in [0.25, 0.3) is 0 Å². The lowest BCUT2D eigenvalue weighted by Gasteiger charge is -2.13. The van der Waals surface area contributed by atoms with E-state index in [1.54, 1.807) is 0 Å². The number of rotatable bonds is 4. The number of esters is 1. The zero-order valence-corrected chi connectivity index (χ0v) is 17.8. The van der Waals surface area contributed by atoms with Crippen molar-refractivity contribution in [1.82, 2.24) is 0 Å². The lowest BCUT2D eigenvalue weighted by atomic mass is 10.0. The average Bonchev–Trinajstić information content (AvgIpc) is 2.79. The van der Waals surface area contributed by atoms with E-state index in [4.69, 9.17) is 20.8 Å². The van der Waals surface area contributed by atoms with E-state index in [0.717, 1.165) is 12.1 Å². The van der Waals surface area contributed by atoms with Crippen LogP contribution in [-0.2, 0) is 11.0 Å². The third-order valence-corrected chi connectivity index (χ3v) is 5.01. The van der Waals surface area contributed by atoms with Crippen molar-refractivity contribution in [2.45, 2.75) is 6.18 Å². The molecule has 3 aromatic carbocycles. The molecule has 34 heavy (non-hydrogen) atoms. The second kappa shape index (κ2) is 9.15. The zero-order chi connectivity index (χ0) is 24.5. The topological polar surface area (TPSA) is 56.5 Å². The van der Waals surface area contributed by atoms with Crippen LogP contribution in [0.5, 0.6) is 5.75 Å². The number of hydrogen-bond acceptors (Lipinski definition) is 4. The third-order valence-electron chi connectivity index (χ3n) is 4.75. The highest BCUT2D eigenvalue weighted by Gasteiger charge is 2.39. The van der Waals surface area contributed by atoms with E-state index in [0.29, 0.717) is 10.6 Å². The molecule has 0 aliphatic carbocycles. The number of hydrogen-bond donors (Lipinski definition) is 0. The first-order valence-corrected chi connectivity index (χ1v) is 10.1. The molecule has 0 aliphatic rings. The summed E-state index contributed by atoms with van der Waals surface area (Å²) in [5.74, 6) is -2.88. The third kappa shape index (κ3) is 5.02. The van der Waals surface area contributed by atoms with Crippen LogP contribution < -0.4 is 10.2 Å². The first-order chi connectivity index (χ1) is 16.1. The Hall–Kier alpha value is -3.91. The fourth-order valence-corrected chi connectivity index (χ4v) is 3.33. The van der Waals surface area contributed by atoms with Gasteiger partial charge in [0.05, 0.1) is 10.9 Å². The van der Waals surface area contributed by atoms with Gasteiger partial charge in [0, 0.05) is 17.2 Å². The monoisotopic (exact) mass is 488 g/mol. The van der Waals surface area contributed by atoms with Crippen molar-refractivity contribution in [3.8, 4) is 16.9 Å². The molecule has 0 bridgehead atoms. The normalized spacial score (nSPS) is 11.8. The average molecular weight is 489 g/mol. The molecule has 4 aromatic rings. The number of halogens is 5. The molecule has 9 heteroatoms. The van der Waals surface area contributed by atoms with Crippen LogP contribution in [0, 0.1) is 5.82 Å². The molecule has 0 spiro atoms. The van der Waals surface area contributed by atoms with Gasteiger partial charge in [-0.1, -0.05) is 35.9 Å². The van der Waals surface area contributed by atoms with Crippen LogP contribution in [0.2, 0.25) is 5.02 Å². The minimum atomic E-state index is -4.97. The Morgan fingerprint density at radius 2 is 1.65 bits per heavy atom. The van der Waals surface area contributed by atoms with Gasteiger partial charge < -0.3 is 9.15 Å². The Labute approximate surface area is 194 Å². The van der Waals surface area contributed by atoms with Crippen molar-refractivity contribution in [2.24, 2.45) is 0 Å². The molecule has 1 heterocycles. The second-order valence-corrected chi connectivity index (χ2v) is 7.54. The molecule has 172 valence electrons. The van der Waals surface area contributed by atoms with Gasteiger partial charge >= 0.3 is 12.1 Å². The van der Waals surface area contributed by atoms with Gasteiger partial charge in [-0.05, 0) is 53.6 Å². The summed E-state index contributed by atoms with van der Waals surface area (Å²) < 4.78 is 64.4. The van der Waals surface area contributed by atoms with Crippen LogP contribution in [0.4, 0.5) is 17.6 Å². The van der Waals surface area contributed by atoms with Gasteiger partial charge in [-0.15, -0.1) is 0 Å². The molecule has 0 saturated heterocycles. The van der Waals surface area contributed by atoms with Gasteiger partial charge in [0.1, 0.15) is 17.1 Å². The van der Waals surface area contributed by atoms with Crippen LogP contribution >= 0.6 is 11.6 Å². The Bertz CT molecular complexity index is 1450. The van der Waals surface area contributed by atoms with E-state index in [1.807, 2.05) is 0 Å². The summed E-state index contributed by atoms with van der Waals surface area (Å²) in [6.07, 6.45) is -2.52. The maximum Gasteiger partial charge on any atom is 0.450 e. The van der Waals surface area contributed by atoms with Crippen LogP contribution in [0.15, 0.2) is 82.0 Å². The molecular weight excluding hydrogens is 476 g/mol. The van der Waals surface area contributed by atoms with Crippen LogP contribution in [0.25, 0.3) is 28.2 Å². The number of alkyl halides is 3. The summed E-state index contributed by atoms with van der Waals surface area (Å²) in [5, 5.41) is 0.169. The summed E-state index contributed by atoms with van der Waals surface area (Å²) in [4.78, 5) is 25.0. The highest BCUT2D eigenvalue weighted by Crippen LogP contribution is 2.38. The summed E-state index contributed by atoms with van der Waals surface area (Å²) in [6, 6.07) is 14.1. The Morgan fingerprint density at radius 1 is 0.971 bits per heavy atom. The number of ether oxygens (including phenoxy) is 1. The molecule has 4 nitrogen and oxygen atoms in total. The minimum Gasteiger partial charge on any atom is -0.450 e. The number of carbonyl (C=O) groups excluding carboxylic acids is 1. The number of fused-ring (bicyclic) bond motifs is 1. The Kier molecular flexibility index (Phi) is 6.26. The largest absolute Gasteiger partial charge is 0.450 e. The fraction of sp³-hybridized carbons (Fsp3) is 0.0400. The van der Waals surface area contributed by atoms with Gasteiger partial charge in [0.2, 0.25) is 11.2 Å². The zero-order valence-electron chi connectivity index (χ0n) is 17.0. The summed E-state index contributed by atoms with van der Waals surface area (Å²) >= 11 is 5.80. The molecule has 0 N–H and O–H groups in total. The van der Waals surface area contributed by atoms with Crippen LogP contribution in [0.3, 0.4) is 0 Å². The van der Waals surface area contributed by atoms with Crippen molar-refractivity contribution >= 4 is 34.6 Å². The molecule has 0 saturated carbocycles. The maximum absolute atomic E-state index is 13.7. The molecule has 0 unspecified atom stereocenters. The van der Waals surface area contributed by atoms with E-state index in [1.165, 1.54) is 66.7 Å². The first-order valence-electron chi connectivity index (χ1n) is 9.71. The quantitative estimate of drug-likeness (QED) is 0.136. The SMILES string of the molecule is O=C(/C=C/c1ccc(F)cc1)Oc1ccc2c(=O)c(-c3ccc(Cl)cc3)c(C(F)(F)F)oc2c1. The number of carbonyl (C=O) groups is 1. The molecule has 4 rings (SSSR count). The summed E-state index contributed by atoms with van der Waals surface area (Å²) in [5.41, 5.74) is -1.42. The Morgan fingerprint density at radius 3 is 2.29 bits per heavy atom. The molecule has 0 aliphatic heterocycles. The van der Waals surface area contributed by atoms with Gasteiger partial charge in [-0.3, -0.25) is 4.79 Å². The van der Waals surface area contributed by atoms with E-state index in [9.17, 15) is 27.2 Å². The number of benzene rings is 3. The van der Waals surface area contributed by atoms with Gasteiger partial charge in [0.15, 0.2) is 0 Å². The van der Waals surface area contributed by atoms with E-state index in [2.05, 4.69) is 0 Å². The minimum absolute atomic E-state index is 0.00573. The van der Waals surface area contributed by atoms with Gasteiger partial charge in [-0.25, -0.2) is 9.18 Å². The van der Waals surface area contributed by atoms with Crippen molar-refractivity contribution in [3.63, 3.8) is 0 Å². The standard InChI is InChI=1S/C25H13ClF4O4/c26-16-6-4-15(5-7-16)22-23(32)19-11-10-18(13-20(19)34-24(22)25(28,29)30)33-21(31)12-3-14-1-8-17(27)9-2-14/h1-13H/b12-3+. The van der Waals surface area contributed by atoms with Crippen LogP contribution in [0.1, 0.15) is 11.3 Å². The second-order valence-electron chi connectivity index (χ2n) is 7.10. The van der Waals surface area contributed by atoms with Crippen molar-refractivity contribution in [3.05, 3.63) is 105 Å². The highest BCUT2D eigenvalue weighted by atomic mass is 35.5. The van der Waals surface area contributed by atoms with Gasteiger partial charge in [-0.2, -0.15) is 13.2 Å². The summed E-state index contributed by atoms with van der Waals surface area (Å²) in [7, 11) is 0. The van der Waals surface area contributed by atoms with E-state index < -0.39 is 40.3 Å². The lowest BCUT2D eigenvalue weighted by Crippen LogP contribution is -2.16. The van der Waals surface area contributed by atoms with Crippen molar-refractivity contribution < 1.29 is 31.5 Å².